The minimum atomic E-state index is -0.474. The highest BCUT2D eigenvalue weighted by molar-refractivity contribution is 6.33. The number of likely N-dealkylation sites (tertiary alicyclic amines) is 1. The van der Waals surface area contributed by atoms with Gasteiger partial charge in [0.25, 0.3) is 5.91 Å². The van der Waals surface area contributed by atoms with E-state index in [9.17, 15) is 9.59 Å². The van der Waals surface area contributed by atoms with Gasteiger partial charge in [0.1, 0.15) is 23.7 Å². The lowest BCUT2D eigenvalue weighted by Crippen LogP contribution is -2.56. The summed E-state index contributed by atoms with van der Waals surface area (Å²) in [6.45, 7) is 1.77. The third-order valence-electron chi connectivity index (χ3n) is 7.31. The standard InChI is InChI=1S/C25H32ClN11O2/c1-36(2)22-19-17(30-13-31-22)10-14(32-19)4-3-5-18(38)37-8-6-25(7-9-37)12-29-24(35-25)34-23(39)15-11-16(26)21(28)33-20(15)27/h11,13H,3-10,12H2,1-2H3,(H4,27,28,33)(H2,29,34,35,39). The number of piperidine rings is 1. The van der Waals surface area contributed by atoms with E-state index in [-0.39, 0.29) is 33.7 Å². The number of aromatic nitrogens is 3. The average molecular weight is 554 g/mol. The van der Waals surface area contributed by atoms with Crippen LogP contribution in [0, 0.1) is 0 Å². The van der Waals surface area contributed by atoms with Crippen molar-refractivity contribution in [1.29, 1.82) is 0 Å². The zero-order chi connectivity index (χ0) is 27.7. The number of nitrogens with zero attached hydrogens (tertiary/aromatic N) is 7. The van der Waals surface area contributed by atoms with Gasteiger partial charge in [-0.05, 0) is 31.7 Å². The fraction of sp³-hybridized carbons (Fsp3) is 0.480. The fourth-order valence-corrected chi connectivity index (χ4v) is 5.24. The van der Waals surface area contributed by atoms with E-state index in [1.165, 1.54) is 6.07 Å². The Hall–Kier alpha value is -4.00. The van der Waals surface area contributed by atoms with Gasteiger partial charge < -0.3 is 26.6 Å². The third kappa shape index (κ3) is 5.58. The number of guanidine groups is 1. The van der Waals surface area contributed by atoms with Gasteiger partial charge in [0, 0.05) is 45.7 Å². The molecule has 0 aliphatic carbocycles. The Bertz CT molecular complexity index is 1370. The average Bonchev–Trinajstić information content (AvgIpc) is 3.49. The maximum Gasteiger partial charge on any atom is 0.261 e. The van der Waals surface area contributed by atoms with Crippen molar-refractivity contribution in [2.24, 2.45) is 9.98 Å². The third-order valence-corrected chi connectivity index (χ3v) is 7.61. The largest absolute Gasteiger partial charge is 0.383 e. The molecule has 1 spiro atoms. The number of carbonyl (C=O) groups excluding carboxylic acids is 2. The van der Waals surface area contributed by atoms with E-state index in [4.69, 9.17) is 28.1 Å². The number of nitrogens with one attached hydrogen (secondary N) is 2. The summed E-state index contributed by atoms with van der Waals surface area (Å²) in [7, 11) is 3.88. The Labute approximate surface area is 231 Å². The summed E-state index contributed by atoms with van der Waals surface area (Å²) in [6.07, 6.45) is 5.70. The minimum absolute atomic E-state index is 0.00828. The van der Waals surface area contributed by atoms with Gasteiger partial charge in [-0.3, -0.25) is 24.9 Å². The molecular weight excluding hydrogens is 522 g/mol. The van der Waals surface area contributed by atoms with Crippen molar-refractivity contribution in [3.05, 3.63) is 28.7 Å². The summed E-state index contributed by atoms with van der Waals surface area (Å²) >= 11 is 5.99. The van der Waals surface area contributed by atoms with Crippen molar-refractivity contribution in [2.45, 2.75) is 44.1 Å². The number of nitrogens with two attached hydrogens (primary N) is 2. The van der Waals surface area contributed by atoms with Gasteiger partial charge in [-0.2, -0.15) is 0 Å². The van der Waals surface area contributed by atoms with Crippen LogP contribution in [0.4, 0.5) is 23.1 Å². The van der Waals surface area contributed by atoms with E-state index < -0.39 is 5.91 Å². The van der Waals surface area contributed by atoms with E-state index in [0.717, 1.165) is 48.6 Å². The summed E-state index contributed by atoms with van der Waals surface area (Å²) in [5.41, 5.74) is 14.1. The molecule has 0 saturated carbocycles. The molecule has 13 nitrogen and oxygen atoms in total. The van der Waals surface area contributed by atoms with Gasteiger partial charge in [-0.15, -0.1) is 0 Å². The van der Waals surface area contributed by atoms with Crippen LogP contribution in [-0.2, 0) is 11.2 Å². The second-order valence-electron chi connectivity index (χ2n) is 10.3. The van der Waals surface area contributed by atoms with Crippen molar-refractivity contribution in [2.75, 3.05) is 50.1 Å². The highest BCUT2D eigenvalue weighted by Crippen LogP contribution is 2.34. The number of amides is 2. The van der Waals surface area contributed by atoms with Crippen molar-refractivity contribution in [3.8, 4) is 0 Å². The molecule has 0 atom stereocenters. The molecule has 0 unspecified atom stereocenters. The first-order chi connectivity index (χ1) is 18.6. The Kier molecular flexibility index (Phi) is 7.25. The number of halogens is 1. The first kappa shape index (κ1) is 26.6. The van der Waals surface area contributed by atoms with Gasteiger partial charge >= 0.3 is 0 Å². The lowest BCUT2D eigenvalue weighted by molar-refractivity contribution is -0.132. The number of carbonyl (C=O) groups is 2. The fourth-order valence-electron chi connectivity index (χ4n) is 5.09. The second-order valence-corrected chi connectivity index (χ2v) is 10.7. The topological polar surface area (TPSA) is 180 Å². The molecule has 3 aliphatic heterocycles. The zero-order valence-corrected chi connectivity index (χ0v) is 22.8. The first-order valence-electron chi connectivity index (χ1n) is 12.8. The van der Waals surface area contributed by atoms with Gasteiger partial charge in [-0.25, -0.2) is 15.0 Å². The summed E-state index contributed by atoms with van der Waals surface area (Å²) < 4.78 is 0. The number of nitrogen functional groups attached to an aromatic ring is 2. The molecule has 3 aliphatic rings. The Morgan fingerprint density at radius 1 is 1.21 bits per heavy atom. The molecule has 5 heterocycles. The quantitative estimate of drug-likeness (QED) is 0.410. The van der Waals surface area contributed by atoms with Crippen LogP contribution in [0.3, 0.4) is 0 Å². The van der Waals surface area contributed by atoms with Crippen LogP contribution in [0.2, 0.25) is 5.02 Å². The molecule has 0 bridgehead atoms. The van der Waals surface area contributed by atoms with Gasteiger partial charge in [0.2, 0.25) is 5.91 Å². The van der Waals surface area contributed by atoms with Crippen molar-refractivity contribution < 1.29 is 9.59 Å². The molecule has 6 N–H and O–H groups in total. The Balaban J connectivity index is 1.07. The van der Waals surface area contributed by atoms with E-state index in [2.05, 4.69) is 30.6 Å². The van der Waals surface area contributed by atoms with Crippen LogP contribution in [0.15, 0.2) is 22.4 Å². The Morgan fingerprint density at radius 2 is 1.97 bits per heavy atom. The number of fused-ring (bicyclic) bond motifs is 1. The number of hydrogen-bond acceptors (Lipinski definition) is 11. The van der Waals surface area contributed by atoms with Crippen LogP contribution in [0.1, 0.15) is 48.2 Å². The van der Waals surface area contributed by atoms with Crippen LogP contribution in [0.25, 0.3) is 0 Å². The molecule has 0 radical (unpaired) electrons. The van der Waals surface area contributed by atoms with Crippen LogP contribution in [0.5, 0.6) is 0 Å². The number of pyridine rings is 1. The summed E-state index contributed by atoms with van der Waals surface area (Å²) in [5.74, 6) is 0.909. The molecule has 2 aromatic heterocycles. The summed E-state index contributed by atoms with van der Waals surface area (Å²) in [4.78, 5) is 51.2. The predicted molar refractivity (Wildman–Crippen MR) is 151 cm³/mol. The van der Waals surface area contributed by atoms with Crippen LogP contribution >= 0.6 is 11.6 Å². The van der Waals surface area contributed by atoms with Crippen LogP contribution < -0.4 is 27.0 Å². The smallest absolute Gasteiger partial charge is 0.261 e. The van der Waals surface area contributed by atoms with E-state index in [1.54, 1.807) is 6.33 Å². The molecule has 2 aromatic rings. The van der Waals surface area contributed by atoms with Crippen molar-refractivity contribution >= 4 is 58.2 Å². The molecule has 206 valence electrons. The van der Waals surface area contributed by atoms with Crippen LogP contribution in [-0.4, -0.2) is 82.6 Å². The summed E-state index contributed by atoms with van der Waals surface area (Å²) in [5, 5.41) is 6.23. The van der Waals surface area contributed by atoms with E-state index in [0.29, 0.717) is 38.4 Å². The Morgan fingerprint density at radius 3 is 2.72 bits per heavy atom. The van der Waals surface area contributed by atoms with Gasteiger partial charge in [-0.1, -0.05) is 11.6 Å². The number of anilines is 3. The molecule has 1 fully saturated rings. The normalized spacial score (nSPS) is 17.4. The molecular formula is C25H32ClN11O2. The first-order valence-corrected chi connectivity index (χ1v) is 13.2. The number of hydrogen-bond donors (Lipinski definition) is 4. The maximum absolute atomic E-state index is 12.9. The summed E-state index contributed by atoms with van der Waals surface area (Å²) in [6, 6.07) is 1.39. The number of aliphatic imine (C=N–C) groups is 2. The predicted octanol–water partition coefficient (Wildman–Crippen LogP) is 1.30. The highest BCUT2D eigenvalue weighted by Gasteiger charge is 2.40. The lowest BCUT2D eigenvalue weighted by Gasteiger charge is -2.39. The minimum Gasteiger partial charge on any atom is -0.383 e. The van der Waals surface area contributed by atoms with Crippen molar-refractivity contribution in [3.63, 3.8) is 0 Å². The molecule has 5 rings (SSSR count). The van der Waals surface area contributed by atoms with Gasteiger partial charge in [0.05, 0.1) is 28.4 Å². The molecule has 1 saturated heterocycles. The SMILES string of the molecule is CN(C)c1ncnc2c1N=C(CCCC(=O)N1CCC3(CC1)CN=C(NC(=O)c1cc(Cl)c(N)nc1N)N3)C2. The van der Waals surface area contributed by atoms with E-state index >= 15 is 0 Å². The lowest BCUT2D eigenvalue weighted by atomic mass is 9.88. The molecule has 39 heavy (non-hydrogen) atoms. The zero-order valence-electron chi connectivity index (χ0n) is 22.0. The molecule has 0 aromatic carbocycles. The second kappa shape index (κ2) is 10.6. The highest BCUT2D eigenvalue weighted by atomic mass is 35.5. The van der Waals surface area contributed by atoms with Crippen molar-refractivity contribution in [1.82, 2.24) is 30.5 Å². The van der Waals surface area contributed by atoms with Gasteiger partial charge in [0.15, 0.2) is 11.8 Å². The monoisotopic (exact) mass is 553 g/mol. The number of rotatable bonds is 6. The molecule has 14 heteroatoms. The van der Waals surface area contributed by atoms with E-state index in [1.807, 2.05) is 23.9 Å². The molecule has 2 amide bonds. The maximum atomic E-state index is 12.9.